The second-order valence-corrected chi connectivity index (χ2v) is 3.23. The summed E-state index contributed by atoms with van der Waals surface area (Å²) in [7, 11) is 0. The second-order valence-electron chi connectivity index (χ2n) is 3.23. The Bertz CT molecular complexity index is 308. The van der Waals surface area contributed by atoms with Gasteiger partial charge in [-0.05, 0) is 6.42 Å². The van der Waals surface area contributed by atoms with Gasteiger partial charge in [0.1, 0.15) is 12.1 Å². The lowest BCUT2D eigenvalue weighted by Crippen LogP contribution is -2.16. The van der Waals surface area contributed by atoms with E-state index in [9.17, 15) is 9.59 Å². The topological polar surface area (TPSA) is 68.1 Å². The summed E-state index contributed by atoms with van der Waals surface area (Å²) in [6, 6.07) is 0. The fraction of sp³-hybridized carbons (Fsp3) is 0.600. The molecule has 0 aromatic carbocycles. The SMILES string of the molecule is CCCCCOC(=O)CC1=NC=NC1=O. The number of nitrogens with zero attached hydrogens (tertiary/aromatic N) is 2. The van der Waals surface area contributed by atoms with Gasteiger partial charge in [-0.15, -0.1) is 0 Å². The highest BCUT2D eigenvalue weighted by Gasteiger charge is 2.18. The van der Waals surface area contributed by atoms with Crippen molar-refractivity contribution in [2.75, 3.05) is 6.61 Å². The molecule has 1 aliphatic heterocycles. The van der Waals surface area contributed by atoms with Crippen molar-refractivity contribution < 1.29 is 14.3 Å². The molecule has 1 rings (SSSR count). The molecule has 0 saturated heterocycles. The number of carbonyl (C=O) groups is 2. The van der Waals surface area contributed by atoms with Gasteiger partial charge in [0.25, 0.3) is 5.91 Å². The van der Waals surface area contributed by atoms with Gasteiger partial charge >= 0.3 is 5.97 Å². The molecule has 0 aliphatic carbocycles. The number of hydrogen-bond acceptors (Lipinski definition) is 4. The van der Waals surface area contributed by atoms with E-state index in [4.69, 9.17) is 4.74 Å². The molecular formula is C10H14N2O3. The molecule has 1 amide bonds. The molecule has 0 aromatic rings. The minimum absolute atomic E-state index is 0.0784. The van der Waals surface area contributed by atoms with E-state index in [2.05, 4.69) is 16.9 Å². The number of carbonyl (C=O) groups excluding carboxylic acids is 2. The molecule has 0 atom stereocenters. The predicted molar refractivity (Wildman–Crippen MR) is 56.0 cm³/mol. The first-order chi connectivity index (χ1) is 7.24. The maximum Gasteiger partial charge on any atom is 0.312 e. The Morgan fingerprint density at radius 3 is 2.87 bits per heavy atom. The Labute approximate surface area is 88.2 Å². The zero-order valence-corrected chi connectivity index (χ0v) is 8.73. The average Bonchev–Trinajstić information content (AvgIpc) is 2.59. The first kappa shape index (κ1) is 11.6. The van der Waals surface area contributed by atoms with Crippen LogP contribution in [0.2, 0.25) is 0 Å². The van der Waals surface area contributed by atoms with E-state index in [0.717, 1.165) is 25.6 Å². The monoisotopic (exact) mass is 210 g/mol. The van der Waals surface area contributed by atoms with Crippen LogP contribution in [0.5, 0.6) is 0 Å². The van der Waals surface area contributed by atoms with Gasteiger partial charge in [0.05, 0.1) is 13.0 Å². The maximum atomic E-state index is 11.2. The van der Waals surface area contributed by atoms with E-state index in [-0.39, 0.29) is 12.1 Å². The van der Waals surface area contributed by atoms with E-state index < -0.39 is 11.9 Å². The highest BCUT2D eigenvalue weighted by Crippen LogP contribution is 2.00. The second kappa shape index (κ2) is 6.06. The van der Waals surface area contributed by atoms with Crippen molar-refractivity contribution in [3.8, 4) is 0 Å². The van der Waals surface area contributed by atoms with Crippen molar-refractivity contribution in [2.45, 2.75) is 32.6 Å². The fourth-order valence-electron chi connectivity index (χ4n) is 1.13. The number of hydrogen-bond donors (Lipinski definition) is 0. The van der Waals surface area contributed by atoms with Gasteiger partial charge in [-0.1, -0.05) is 19.8 Å². The summed E-state index contributed by atoms with van der Waals surface area (Å²) in [5, 5.41) is 0. The summed E-state index contributed by atoms with van der Waals surface area (Å²) >= 11 is 0. The zero-order chi connectivity index (χ0) is 11.1. The molecule has 1 aliphatic rings. The molecule has 0 saturated carbocycles. The lowest BCUT2D eigenvalue weighted by molar-refractivity contribution is -0.142. The number of rotatable bonds is 6. The molecule has 0 N–H and O–H groups in total. The van der Waals surface area contributed by atoms with Gasteiger partial charge in [-0.2, -0.15) is 4.99 Å². The molecular weight excluding hydrogens is 196 g/mol. The van der Waals surface area contributed by atoms with Gasteiger partial charge < -0.3 is 4.74 Å². The van der Waals surface area contributed by atoms with Crippen molar-refractivity contribution in [3.63, 3.8) is 0 Å². The van der Waals surface area contributed by atoms with Crippen molar-refractivity contribution >= 4 is 23.9 Å². The molecule has 0 unspecified atom stereocenters. The summed E-state index contributed by atoms with van der Waals surface area (Å²) in [5.41, 5.74) is 0.162. The van der Waals surface area contributed by atoms with Gasteiger partial charge in [0.2, 0.25) is 0 Å². The standard InChI is InChI=1S/C10H14N2O3/c1-2-3-4-5-15-9(13)6-8-10(14)12-7-11-8/h7H,2-6H2,1H3. The molecule has 0 bridgehead atoms. The number of esters is 1. The van der Waals surface area contributed by atoms with Crippen LogP contribution in [0.1, 0.15) is 32.6 Å². The first-order valence-electron chi connectivity index (χ1n) is 5.03. The summed E-state index contributed by atoms with van der Waals surface area (Å²) in [4.78, 5) is 29.2. The van der Waals surface area contributed by atoms with E-state index in [1.54, 1.807) is 0 Å². The summed E-state index contributed by atoms with van der Waals surface area (Å²) in [5.74, 6) is -0.857. The molecule has 15 heavy (non-hydrogen) atoms. The Morgan fingerprint density at radius 1 is 1.47 bits per heavy atom. The molecule has 0 aromatic heterocycles. The van der Waals surface area contributed by atoms with Gasteiger partial charge in [0, 0.05) is 0 Å². The third-order valence-corrected chi connectivity index (χ3v) is 1.96. The van der Waals surface area contributed by atoms with Crippen molar-refractivity contribution in [1.29, 1.82) is 0 Å². The Balaban J connectivity index is 2.17. The van der Waals surface area contributed by atoms with Crippen LogP contribution in [0.3, 0.4) is 0 Å². The summed E-state index contributed by atoms with van der Waals surface area (Å²) < 4.78 is 4.93. The first-order valence-corrected chi connectivity index (χ1v) is 5.03. The summed E-state index contributed by atoms with van der Waals surface area (Å²) in [6.45, 7) is 2.49. The van der Waals surface area contributed by atoms with E-state index >= 15 is 0 Å². The van der Waals surface area contributed by atoms with Gasteiger partial charge in [0.15, 0.2) is 0 Å². The number of amides is 1. The largest absolute Gasteiger partial charge is 0.465 e. The van der Waals surface area contributed by atoms with Crippen molar-refractivity contribution in [2.24, 2.45) is 9.98 Å². The molecule has 82 valence electrons. The third kappa shape index (κ3) is 4.01. The highest BCUT2D eigenvalue weighted by molar-refractivity contribution is 6.46. The minimum atomic E-state index is -0.444. The number of unbranched alkanes of at least 4 members (excludes halogenated alkanes) is 2. The maximum absolute atomic E-state index is 11.2. The van der Waals surface area contributed by atoms with Crippen LogP contribution in [0, 0.1) is 0 Å². The summed E-state index contributed by atoms with van der Waals surface area (Å²) in [6.07, 6.45) is 4.05. The molecule has 5 heteroatoms. The van der Waals surface area contributed by atoms with Crippen LogP contribution in [0.15, 0.2) is 9.98 Å². The van der Waals surface area contributed by atoms with Gasteiger partial charge in [-0.3, -0.25) is 9.59 Å². The molecule has 0 fully saturated rings. The van der Waals surface area contributed by atoms with E-state index in [1.165, 1.54) is 0 Å². The zero-order valence-electron chi connectivity index (χ0n) is 8.73. The van der Waals surface area contributed by atoms with Crippen LogP contribution < -0.4 is 0 Å². The normalized spacial score (nSPS) is 14.2. The van der Waals surface area contributed by atoms with Crippen LogP contribution >= 0.6 is 0 Å². The fourth-order valence-corrected chi connectivity index (χ4v) is 1.13. The number of aliphatic imine (C=N–C) groups is 2. The minimum Gasteiger partial charge on any atom is -0.465 e. The lowest BCUT2D eigenvalue weighted by atomic mass is 10.2. The lowest BCUT2D eigenvalue weighted by Gasteiger charge is -2.02. The van der Waals surface area contributed by atoms with Crippen LogP contribution in [0.4, 0.5) is 0 Å². The Kier molecular flexibility index (Phi) is 4.66. The average molecular weight is 210 g/mol. The van der Waals surface area contributed by atoms with Crippen LogP contribution in [-0.2, 0) is 14.3 Å². The molecule has 5 nitrogen and oxygen atoms in total. The van der Waals surface area contributed by atoms with Crippen LogP contribution in [-0.4, -0.2) is 30.5 Å². The Morgan fingerprint density at radius 2 is 2.27 bits per heavy atom. The molecule has 0 radical (unpaired) electrons. The van der Waals surface area contributed by atoms with E-state index in [0.29, 0.717) is 6.61 Å². The Hall–Kier alpha value is -1.52. The van der Waals surface area contributed by atoms with Crippen molar-refractivity contribution in [1.82, 2.24) is 0 Å². The van der Waals surface area contributed by atoms with Crippen LogP contribution in [0.25, 0.3) is 0 Å². The highest BCUT2D eigenvalue weighted by atomic mass is 16.5. The molecule has 0 spiro atoms. The van der Waals surface area contributed by atoms with Gasteiger partial charge in [-0.25, -0.2) is 4.99 Å². The van der Waals surface area contributed by atoms with Crippen molar-refractivity contribution in [3.05, 3.63) is 0 Å². The quantitative estimate of drug-likeness (QED) is 0.487. The predicted octanol–water partition coefficient (Wildman–Crippen LogP) is 1.12. The third-order valence-electron chi connectivity index (χ3n) is 1.96. The number of ether oxygens (including phenoxy) is 1. The smallest absolute Gasteiger partial charge is 0.312 e. The van der Waals surface area contributed by atoms with E-state index in [1.807, 2.05) is 0 Å². The molecule has 1 heterocycles.